The third-order valence-corrected chi connectivity index (χ3v) is 1.85. The van der Waals surface area contributed by atoms with E-state index in [2.05, 4.69) is 15.1 Å². The Morgan fingerprint density at radius 3 is 2.71 bits per heavy atom. The number of hydrogen-bond donors (Lipinski definition) is 2. The van der Waals surface area contributed by atoms with E-state index in [0.29, 0.717) is 23.2 Å². The van der Waals surface area contributed by atoms with Crippen molar-refractivity contribution in [2.75, 3.05) is 11.5 Å². The molecule has 0 aliphatic carbocycles. The number of nitrogens with zero attached hydrogens (tertiary/aromatic N) is 4. The number of anilines is 2. The third kappa shape index (κ3) is 1.26. The quantitative estimate of drug-likeness (QED) is 0.662. The summed E-state index contributed by atoms with van der Waals surface area (Å²) >= 11 is 0. The molecule has 0 amide bonds. The van der Waals surface area contributed by atoms with Gasteiger partial charge in [0, 0.05) is 13.2 Å². The number of rotatable bonds is 1. The van der Waals surface area contributed by atoms with Gasteiger partial charge in [0.1, 0.15) is 5.69 Å². The third-order valence-electron chi connectivity index (χ3n) is 1.85. The van der Waals surface area contributed by atoms with Crippen LogP contribution in [0.2, 0.25) is 0 Å². The zero-order valence-electron chi connectivity index (χ0n) is 7.68. The zero-order valence-corrected chi connectivity index (χ0v) is 7.68. The number of pyridine rings is 1. The Morgan fingerprint density at radius 1 is 1.36 bits per heavy atom. The molecule has 0 saturated carbocycles. The monoisotopic (exact) mass is 190 g/mol. The smallest absolute Gasteiger partial charge is 0.218 e. The van der Waals surface area contributed by atoms with Crippen molar-refractivity contribution >= 4 is 11.6 Å². The van der Waals surface area contributed by atoms with Crippen LogP contribution in [0.5, 0.6) is 0 Å². The fourth-order valence-corrected chi connectivity index (χ4v) is 1.10. The van der Waals surface area contributed by atoms with Crippen LogP contribution >= 0.6 is 0 Å². The van der Waals surface area contributed by atoms with Crippen LogP contribution in [0.3, 0.4) is 0 Å². The lowest BCUT2D eigenvalue weighted by atomic mass is 10.3. The molecule has 0 unspecified atom stereocenters. The van der Waals surface area contributed by atoms with E-state index in [9.17, 15) is 0 Å². The number of nitrogens with two attached hydrogens (primary N) is 2. The minimum absolute atomic E-state index is 0.338. The summed E-state index contributed by atoms with van der Waals surface area (Å²) in [6.45, 7) is 0. The second kappa shape index (κ2) is 2.99. The highest BCUT2D eigenvalue weighted by Gasteiger charge is 2.10. The van der Waals surface area contributed by atoms with Crippen molar-refractivity contribution in [3.05, 3.63) is 18.3 Å². The Labute approximate surface area is 80.6 Å². The van der Waals surface area contributed by atoms with Crippen molar-refractivity contribution in [2.24, 2.45) is 7.05 Å². The molecule has 0 aromatic carbocycles. The van der Waals surface area contributed by atoms with Gasteiger partial charge in [-0.25, -0.2) is 4.68 Å². The van der Waals surface area contributed by atoms with Gasteiger partial charge in [-0.2, -0.15) is 4.98 Å². The summed E-state index contributed by atoms with van der Waals surface area (Å²) in [7, 11) is 1.71. The van der Waals surface area contributed by atoms with Gasteiger partial charge in [-0.3, -0.25) is 4.98 Å². The fourth-order valence-electron chi connectivity index (χ4n) is 1.10. The SMILES string of the molecule is Cn1nc(-c2ncccc2N)nc1N. The zero-order chi connectivity index (χ0) is 10.1. The molecule has 0 bridgehead atoms. The highest BCUT2D eigenvalue weighted by Crippen LogP contribution is 2.19. The van der Waals surface area contributed by atoms with Gasteiger partial charge in [0.2, 0.25) is 11.8 Å². The van der Waals surface area contributed by atoms with Crippen LogP contribution < -0.4 is 11.5 Å². The Hall–Kier alpha value is -2.11. The van der Waals surface area contributed by atoms with E-state index in [4.69, 9.17) is 11.5 Å². The molecule has 0 aliphatic heterocycles. The summed E-state index contributed by atoms with van der Waals surface area (Å²) < 4.78 is 1.48. The number of aromatic nitrogens is 4. The van der Waals surface area contributed by atoms with Gasteiger partial charge in [-0.05, 0) is 12.1 Å². The molecule has 6 nitrogen and oxygen atoms in total. The molecule has 0 radical (unpaired) electrons. The normalized spacial score (nSPS) is 10.4. The molecule has 0 spiro atoms. The van der Waals surface area contributed by atoms with Crippen LogP contribution in [0.1, 0.15) is 0 Å². The molecule has 2 aromatic heterocycles. The largest absolute Gasteiger partial charge is 0.397 e. The number of aryl methyl sites for hydroxylation is 1. The fraction of sp³-hybridized carbons (Fsp3) is 0.125. The molecule has 2 rings (SSSR count). The molecule has 14 heavy (non-hydrogen) atoms. The lowest BCUT2D eigenvalue weighted by Crippen LogP contribution is -1.97. The Bertz CT molecular complexity index is 441. The second-order valence-corrected chi connectivity index (χ2v) is 2.86. The van der Waals surface area contributed by atoms with Crippen LogP contribution in [-0.2, 0) is 7.05 Å². The van der Waals surface area contributed by atoms with Crippen molar-refractivity contribution in [2.45, 2.75) is 0 Å². The van der Waals surface area contributed by atoms with Crippen LogP contribution in [0.15, 0.2) is 18.3 Å². The first-order valence-electron chi connectivity index (χ1n) is 4.06. The molecule has 0 saturated heterocycles. The Balaban J connectivity index is 2.55. The maximum absolute atomic E-state index is 5.72. The van der Waals surface area contributed by atoms with E-state index < -0.39 is 0 Å². The first-order chi connectivity index (χ1) is 6.68. The van der Waals surface area contributed by atoms with Crippen LogP contribution in [-0.4, -0.2) is 19.7 Å². The van der Waals surface area contributed by atoms with Crippen molar-refractivity contribution in [3.8, 4) is 11.5 Å². The van der Waals surface area contributed by atoms with Gasteiger partial charge >= 0.3 is 0 Å². The molecule has 0 fully saturated rings. The first-order valence-corrected chi connectivity index (χ1v) is 4.06. The van der Waals surface area contributed by atoms with Crippen LogP contribution in [0, 0.1) is 0 Å². The molecule has 4 N–H and O–H groups in total. The minimum atomic E-state index is 0.338. The summed E-state index contributed by atoms with van der Waals surface area (Å²) in [4.78, 5) is 8.11. The average molecular weight is 190 g/mol. The van der Waals surface area contributed by atoms with E-state index >= 15 is 0 Å². The topological polar surface area (TPSA) is 95.6 Å². The number of hydrogen-bond acceptors (Lipinski definition) is 5. The molecular formula is C8H10N6. The summed E-state index contributed by atoms with van der Waals surface area (Å²) in [6.07, 6.45) is 1.64. The molecule has 72 valence electrons. The lowest BCUT2D eigenvalue weighted by Gasteiger charge is -1.97. The molecular weight excluding hydrogens is 180 g/mol. The van der Waals surface area contributed by atoms with E-state index in [-0.39, 0.29) is 0 Å². The maximum Gasteiger partial charge on any atom is 0.218 e. The molecule has 6 heteroatoms. The molecule has 2 heterocycles. The van der Waals surface area contributed by atoms with Gasteiger partial charge in [-0.1, -0.05) is 0 Å². The van der Waals surface area contributed by atoms with Crippen molar-refractivity contribution in [1.29, 1.82) is 0 Å². The van der Waals surface area contributed by atoms with Crippen molar-refractivity contribution in [1.82, 2.24) is 19.7 Å². The molecule has 0 aliphatic rings. The highest BCUT2D eigenvalue weighted by molar-refractivity contribution is 5.66. The summed E-state index contributed by atoms with van der Waals surface area (Å²) in [5.41, 5.74) is 12.4. The van der Waals surface area contributed by atoms with Crippen molar-refractivity contribution in [3.63, 3.8) is 0 Å². The van der Waals surface area contributed by atoms with Crippen LogP contribution in [0.4, 0.5) is 11.6 Å². The standard InChI is InChI=1S/C8H10N6/c1-14-8(10)12-7(13-14)6-5(9)3-2-4-11-6/h2-4H,9H2,1H3,(H2,10,12,13). The van der Waals surface area contributed by atoms with E-state index in [0.717, 1.165) is 0 Å². The van der Waals surface area contributed by atoms with Gasteiger partial charge in [0.15, 0.2) is 0 Å². The predicted octanol–water partition coefficient (Wildman–Crippen LogP) is 0.0415. The maximum atomic E-state index is 5.72. The molecule has 0 atom stereocenters. The van der Waals surface area contributed by atoms with E-state index in [1.54, 1.807) is 25.4 Å². The molecule has 2 aromatic rings. The minimum Gasteiger partial charge on any atom is -0.397 e. The predicted molar refractivity (Wildman–Crippen MR) is 53.1 cm³/mol. The Kier molecular flexibility index (Phi) is 1.81. The highest BCUT2D eigenvalue weighted by atomic mass is 15.4. The summed E-state index contributed by atoms with van der Waals surface area (Å²) in [5, 5.41) is 4.08. The van der Waals surface area contributed by atoms with Gasteiger partial charge < -0.3 is 11.5 Å². The summed E-state index contributed by atoms with van der Waals surface area (Å²) in [6, 6.07) is 3.50. The number of nitrogen functional groups attached to an aromatic ring is 2. The van der Waals surface area contributed by atoms with Crippen molar-refractivity contribution < 1.29 is 0 Å². The lowest BCUT2D eigenvalue weighted by molar-refractivity contribution is 0.780. The van der Waals surface area contributed by atoms with Gasteiger partial charge in [0.05, 0.1) is 5.69 Å². The Morgan fingerprint density at radius 2 is 2.14 bits per heavy atom. The second-order valence-electron chi connectivity index (χ2n) is 2.86. The average Bonchev–Trinajstić information content (AvgIpc) is 2.48. The van der Waals surface area contributed by atoms with Crippen LogP contribution in [0.25, 0.3) is 11.5 Å². The van der Waals surface area contributed by atoms with E-state index in [1.807, 2.05) is 0 Å². The van der Waals surface area contributed by atoms with Gasteiger partial charge in [0.25, 0.3) is 0 Å². The first kappa shape index (κ1) is 8.49. The van der Waals surface area contributed by atoms with Gasteiger partial charge in [-0.15, -0.1) is 5.10 Å². The van der Waals surface area contributed by atoms with E-state index in [1.165, 1.54) is 4.68 Å². The summed E-state index contributed by atoms with van der Waals surface area (Å²) in [5.74, 6) is 0.785.